The van der Waals surface area contributed by atoms with Crippen molar-refractivity contribution < 1.29 is 22.7 Å². The number of hydrogen-bond acceptors (Lipinski definition) is 5. The highest BCUT2D eigenvalue weighted by Gasteiger charge is 2.31. The molecule has 2 amide bonds. The van der Waals surface area contributed by atoms with Crippen LogP contribution >= 0.6 is 12.2 Å². The molecule has 1 heterocycles. The first-order chi connectivity index (χ1) is 18.5. The van der Waals surface area contributed by atoms with Crippen molar-refractivity contribution in [3.05, 3.63) is 95.3 Å². The largest absolute Gasteiger partial charge is 0.573 e. The summed E-state index contributed by atoms with van der Waals surface area (Å²) in [5.41, 5.74) is 5.17. The Labute approximate surface area is 229 Å². The lowest BCUT2D eigenvalue weighted by Crippen LogP contribution is -2.39. The van der Waals surface area contributed by atoms with Crippen molar-refractivity contribution in [3.63, 3.8) is 0 Å². The SMILES string of the molecule is Cc1ccc(C(=S)NC(=O)NCc2ccc(-c3ncn(-c4ccc(OC(F)(F)F)cc4)n3)cc2)c(C(C)C)c1. The van der Waals surface area contributed by atoms with Gasteiger partial charge in [-0.2, -0.15) is 0 Å². The van der Waals surface area contributed by atoms with Gasteiger partial charge >= 0.3 is 12.4 Å². The Hall–Kier alpha value is -4.25. The van der Waals surface area contributed by atoms with Crippen LogP contribution in [0.4, 0.5) is 18.0 Å². The van der Waals surface area contributed by atoms with Crippen LogP contribution in [0.5, 0.6) is 5.75 Å². The number of nitrogens with one attached hydrogen (secondary N) is 2. The van der Waals surface area contributed by atoms with Crippen LogP contribution in [-0.4, -0.2) is 32.1 Å². The molecule has 0 aliphatic rings. The Morgan fingerprint density at radius 2 is 1.74 bits per heavy atom. The van der Waals surface area contributed by atoms with Crippen LogP contribution < -0.4 is 15.4 Å². The van der Waals surface area contributed by atoms with Gasteiger partial charge in [0.2, 0.25) is 0 Å². The van der Waals surface area contributed by atoms with Crippen molar-refractivity contribution in [1.29, 1.82) is 0 Å². The third-order valence-electron chi connectivity index (χ3n) is 5.79. The summed E-state index contributed by atoms with van der Waals surface area (Å²) in [5.74, 6) is 0.384. The van der Waals surface area contributed by atoms with E-state index in [1.807, 2.05) is 43.3 Å². The number of rotatable bonds is 7. The number of nitrogens with zero attached hydrogens (tertiary/aromatic N) is 3. The van der Waals surface area contributed by atoms with E-state index >= 15 is 0 Å². The van der Waals surface area contributed by atoms with Gasteiger partial charge in [0.15, 0.2) is 5.82 Å². The number of hydrogen-bond donors (Lipinski definition) is 2. The van der Waals surface area contributed by atoms with Crippen LogP contribution in [0, 0.1) is 6.92 Å². The number of ether oxygens (including phenoxy) is 1. The molecule has 3 aromatic carbocycles. The first-order valence-electron chi connectivity index (χ1n) is 12.1. The lowest BCUT2D eigenvalue weighted by molar-refractivity contribution is -0.274. The third kappa shape index (κ3) is 7.41. The number of halogens is 3. The van der Waals surface area contributed by atoms with Gasteiger partial charge in [0.25, 0.3) is 0 Å². The predicted molar refractivity (Wildman–Crippen MR) is 146 cm³/mol. The van der Waals surface area contributed by atoms with Gasteiger partial charge in [-0.15, -0.1) is 18.3 Å². The minimum Gasteiger partial charge on any atom is -0.406 e. The summed E-state index contributed by atoms with van der Waals surface area (Å²) in [5, 5.41) is 9.95. The summed E-state index contributed by atoms with van der Waals surface area (Å²) >= 11 is 5.47. The maximum absolute atomic E-state index is 12.5. The van der Waals surface area contributed by atoms with Gasteiger partial charge in [-0.25, -0.2) is 14.5 Å². The standard InChI is InChI=1S/C28H26F3N5O2S/c1-17(2)24-14-18(3)4-13-23(24)26(39)34-27(37)32-15-19-5-7-20(8-6-19)25-33-16-36(35-25)21-9-11-22(12-10-21)38-28(29,30)31/h4-14,16-17H,15H2,1-3H3,(H2,32,34,37,39). The number of carbonyl (C=O) groups is 1. The van der Waals surface area contributed by atoms with Crippen molar-refractivity contribution in [3.8, 4) is 22.8 Å². The van der Waals surface area contributed by atoms with Gasteiger partial charge in [-0.05, 0) is 48.2 Å². The summed E-state index contributed by atoms with van der Waals surface area (Å²) in [4.78, 5) is 17.1. The Kier molecular flexibility index (Phi) is 8.29. The Bertz CT molecular complexity index is 1470. The van der Waals surface area contributed by atoms with Crippen LogP contribution in [0.25, 0.3) is 17.1 Å². The van der Waals surface area contributed by atoms with Gasteiger partial charge < -0.3 is 10.1 Å². The number of aryl methyl sites for hydroxylation is 1. The van der Waals surface area contributed by atoms with Gasteiger partial charge in [-0.1, -0.05) is 74.1 Å². The molecule has 11 heteroatoms. The van der Waals surface area contributed by atoms with E-state index in [1.54, 1.807) is 0 Å². The average Bonchev–Trinajstić information content (AvgIpc) is 3.37. The molecule has 0 aliphatic heterocycles. The molecule has 4 aromatic rings. The molecule has 0 bridgehead atoms. The molecule has 4 rings (SSSR count). The van der Waals surface area contributed by atoms with Gasteiger partial charge in [-0.3, -0.25) is 5.32 Å². The van der Waals surface area contributed by atoms with Crippen molar-refractivity contribution >= 4 is 23.2 Å². The molecule has 0 atom stereocenters. The highest BCUT2D eigenvalue weighted by Crippen LogP contribution is 2.24. The molecule has 0 saturated carbocycles. The van der Waals surface area contributed by atoms with Gasteiger partial charge in [0, 0.05) is 17.7 Å². The smallest absolute Gasteiger partial charge is 0.406 e. The van der Waals surface area contributed by atoms with Crippen LogP contribution in [0.3, 0.4) is 0 Å². The number of amides is 2. The number of alkyl halides is 3. The van der Waals surface area contributed by atoms with E-state index < -0.39 is 12.4 Å². The minimum atomic E-state index is -4.75. The second kappa shape index (κ2) is 11.6. The monoisotopic (exact) mass is 553 g/mol. The topological polar surface area (TPSA) is 81.1 Å². The van der Waals surface area contributed by atoms with Gasteiger partial charge in [0.05, 0.1) is 5.69 Å². The molecular weight excluding hydrogens is 527 g/mol. The molecule has 2 N–H and O–H groups in total. The van der Waals surface area contributed by atoms with Crippen molar-refractivity contribution in [2.45, 2.75) is 39.6 Å². The minimum absolute atomic E-state index is 0.264. The summed E-state index contributed by atoms with van der Waals surface area (Å²) in [6, 6.07) is 18.2. The molecule has 39 heavy (non-hydrogen) atoms. The number of carbonyl (C=O) groups excluding carboxylic acids is 1. The van der Waals surface area contributed by atoms with Crippen LogP contribution in [0.2, 0.25) is 0 Å². The highest BCUT2D eigenvalue weighted by atomic mass is 32.1. The molecule has 0 saturated heterocycles. The van der Waals surface area contributed by atoms with E-state index in [1.165, 1.54) is 35.3 Å². The first-order valence-corrected chi connectivity index (χ1v) is 12.5. The third-order valence-corrected chi connectivity index (χ3v) is 6.11. The molecule has 202 valence electrons. The zero-order valence-corrected chi connectivity index (χ0v) is 22.2. The Morgan fingerprint density at radius 1 is 1.05 bits per heavy atom. The molecule has 0 aliphatic carbocycles. The normalized spacial score (nSPS) is 11.4. The highest BCUT2D eigenvalue weighted by molar-refractivity contribution is 7.80. The van der Waals surface area contributed by atoms with E-state index in [9.17, 15) is 18.0 Å². The van der Waals surface area contributed by atoms with Gasteiger partial charge in [0.1, 0.15) is 17.1 Å². The van der Waals surface area contributed by atoms with E-state index in [2.05, 4.69) is 45.4 Å². The number of thiocarbonyl (C=S) groups is 1. The quantitative estimate of drug-likeness (QED) is 0.258. The maximum Gasteiger partial charge on any atom is 0.573 e. The fourth-order valence-electron chi connectivity index (χ4n) is 3.86. The number of benzene rings is 3. The first kappa shape index (κ1) is 27.8. The van der Waals surface area contributed by atoms with Crippen LogP contribution in [0.15, 0.2) is 73.1 Å². The summed E-state index contributed by atoms with van der Waals surface area (Å²) in [6.45, 7) is 6.47. The van der Waals surface area contributed by atoms with Crippen molar-refractivity contribution in [2.24, 2.45) is 0 Å². The molecule has 0 fully saturated rings. The summed E-state index contributed by atoms with van der Waals surface area (Å²) in [6.07, 6.45) is -3.28. The fourth-order valence-corrected chi connectivity index (χ4v) is 4.13. The van der Waals surface area contributed by atoms with E-state index in [-0.39, 0.29) is 18.2 Å². The zero-order chi connectivity index (χ0) is 28.2. The lowest BCUT2D eigenvalue weighted by atomic mass is 9.95. The molecule has 0 radical (unpaired) electrons. The van der Waals surface area contributed by atoms with E-state index in [4.69, 9.17) is 12.2 Å². The summed E-state index contributed by atoms with van der Waals surface area (Å²) in [7, 11) is 0. The predicted octanol–water partition coefficient (Wildman–Crippen LogP) is 6.44. The zero-order valence-electron chi connectivity index (χ0n) is 21.4. The molecule has 0 unspecified atom stereocenters. The van der Waals surface area contributed by atoms with E-state index in [0.717, 1.165) is 27.8 Å². The second-order valence-corrected chi connectivity index (χ2v) is 9.54. The van der Waals surface area contributed by atoms with E-state index in [0.29, 0.717) is 16.5 Å². The van der Waals surface area contributed by atoms with Crippen molar-refractivity contribution in [1.82, 2.24) is 25.4 Å². The van der Waals surface area contributed by atoms with Crippen LogP contribution in [-0.2, 0) is 6.54 Å². The molecular formula is C28H26F3N5O2S. The summed E-state index contributed by atoms with van der Waals surface area (Å²) < 4.78 is 42.4. The van der Waals surface area contributed by atoms with Crippen LogP contribution in [0.1, 0.15) is 42.0 Å². The Morgan fingerprint density at radius 3 is 2.38 bits per heavy atom. The average molecular weight is 554 g/mol. The molecule has 1 aromatic heterocycles. The fraction of sp³-hybridized carbons (Fsp3) is 0.214. The number of aromatic nitrogens is 3. The molecule has 0 spiro atoms. The molecule has 7 nitrogen and oxygen atoms in total. The second-order valence-electron chi connectivity index (χ2n) is 9.13. The Balaban J connectivity index is 1.33. The number of urea groups is 1. The maximum atomic E-state index is 12.5. The lowest BCUT2D eigenvalue weighted by Gasteiger charge is -2.15. The van der Waals surface area contributed by atoms with Crippen molar-refractivity contribution in [2.75, 3.05) is 0 Å².